The quantitative estimate of drug-likeness (QED) is 0.605. The molecule has 0 amide bonds. The Morgan fingerprint density at radius 3 is 2.85 bits per heavy atom. The van der Waals surface area contributed by atoms with E-state index in [1.54, 1.807) is 17.5 Å². The summed E-state index contributed by atoms with van der Waals surface area (Å²) in [7, 11) is 4.08. The molecule has 0 saturated carbocycles. The van der Waals surface area contributed by atoms with E-state index in [-0.39, 0.29) is 6.04 Å². The predicted molar refractivity (Wildman–Crippen MR) is 84.5 cm³/mol. The second-order valence-corrected chi connectivity index (χ2v) is 6.71. The van der Waals surface area contributed by atoms with E-state index < -0.39 is 0 Å². The first-order chi connectivity index (χ1) is 9.52. The van der Waals surface area contributed by atoms with Crippen molar-refractivity contribution in [2.75, 3.05) is 20.6 Å². The van der Waals surface area contributed by atoms with E-state index in [1.807, 2.05) is 31.1 Å². The van der Waals surface area contributed by atoms with Crippen LogP contribution in [0.5, 0.6) is 0 Å². The lowest BCUT2D eigenvalue weighted by Crippen LogP contribution is -2.32. The van der Waals surface area contributed by atoms with Gasteiger partial charge < -0.3 is 4.90 Å². The Labute approximate surface area is 131 Å². The van der Waals surface area contributed by atoms with Gasteiger partial charge >= 0.3 is 0 Å². The largest absolute Gasteiger partial charge is 0.308 e. The molecule has 0 spiro atoms. The molecule has 1 unspecified atom stereocenters. The molecule has 110 valence electrons. The number of hydrogen-bond acceptors (Lipinski definition) is 6. The van der Waals surface area contributed by atoms with Gasteiger partial charge in [0.1, 0.15) is 6.04 Å². The van der Waals surface area contributed by atoms with Crippen LogP contribution in [0.3, 0.4) is 0 Å². The molecular weight excluding hydrogens is 340 g/mol. The maximum Gasteiger partial charge on any atom is 0.107 e. The fraction of sp³-hybridized carbons (Fsp3) is 0.500. The van der Waals surface area contributed by atoms with Crippen molar-refractivity contribution in [1.82, 2.24) is 25.1 Å². The minimum Gasteiger partial charge on any atom is -0.308 e. The molecule has 1 atom stereocenters. The Kier molecular flexibility index (Phi) is 5.28. The second-order valence-electron chi connectivity index (χ2n) is 4.80. The fourth-order valence-electron chi connectivity index (χ4n) is 1.95. The molecule has 2 heterocycles. The molecule has 0 bridgehead atoms. The zero-order valence-corrected chi connectivity index (χ0v) is 14.2. The van der Waals surface area contributed by atoms with Gasteiger partial charge in [0.25, 0.3) is 0 Å². The normalized spacial score (nSPS) is 13.1. The van der Waals surface area contributed by atoms with Gasteiger partial charge in [-0.15, -0.1) is 11.3 Å². The van der Waals surface area contributed by atoms with Gasteiger partial charge in [-0.3, -0.25) is 10.5 Å². The Balaban J connectivity index is 2.31. The van der Waals surface area contributed by atoms with Crippen molar-refractivity contribution in [3.05, 3.63) is 32.4 Å². The molecule has 3 N–H and O–H groups in total. The van der Waals surface area contributed by atoms with Gasteiger partial charge in [0, 0.05) is 11.9 Å². The number of thiazole rings is 1. The van der Waals surface area contributed by atoms with Crippen LogP contribution < -0.4 is 11.3 Å². The second kappa shape index (κ2) is 6.77. The number of aryl methyl sites for hydroxylation is 1. The summed E-state index contributed by atoms with van der Waals surface area (Å²) in [6.07, 6.45) is 1.80. The Morgan fingerprint density at radius 2 is 2.30 bits per heavy atom. The van der Waals surface area contributed by atoms with Gasteiger partial charge in [0.15, 0.2) is 0 Å². The summed E-state index contributed by atoms with van der Waals surface area (Å²) in [6, 6.07) is -0.168. The zero-order chi connectivity index (χ0) is 14.7. The number of likely N-dealkylation sites (N-methyl/N-ethyl adjacent to an activating group) is 1. The van der Waals surface area contributed by atoms with E-state index in [0.717, 1.165) is 34.0 Å². The minimum absolute atomic E-state index is 0.168. The van der Waals surface area contributed by atoms with Gasteiger partial charge in [-0.05, 0) is 36.9 Å². The molecule has 0 aromatic carbocycles. The van der Waals surface area contributed by atoms with Crippen LogP contribution >= 0.6 is 27.3 Å². The molecule has 6 nitrogen and oxygen atoms in total. The van der Waals surface area contributed by atoms with E-state index in [1.165, 1.54) is 0 Å². The zero-order valence-electron chi connectivity index (χ0n) is 11.8. The molecule has 8 heteroatoms. The van der Waals surface area contributed by atoms with Crippen molar-refractivity contribution >= 4 is 27.3 Å². The van der Waals surface area contributed by atoms with Gasteiger partial charge in [-0.25, -0.2) is 10.4 Å². The van der Waals surface area contributed by atoms with Crippen LogP contribution in [0.2, 0.25) is 0 Å². The summed E-state index contributed by atoms with van der Waals surface area (Å²) in [4.78, 5) is 6.64. The lowest BCUT2D eigenvalue weighted by atomic mass is 10.1. The average Bonchev–Trinajstić information content (AvgIpc) is 2.97. The van der Waals surface area contributed by atoms with E-state index in [9.17, 15) is 0 Å². The third-order valence-corrected chi connectivity index (χ3v) is 4.37. The van der Waals surface area contributed by atoms with E-state index in [0.29, 0.717) is 0 Å². The predicted octanol–water partition coefficient (Wildman–Crippen LogP) is 1.52. The summed E-state index contributed by atoms with van der Waals surface area (Å²) >= 11 is 5.17. The average molecular weight is 359 g/mol. The summed E-state index contributed by atoms with van der Waals surface area (Å²) < 4.78 is 2.90. The highest BCUT2D eigenvalue weighted by Gasteiger charge is 2.23. The van der Waals surface area contributed by atoms with Crippen molar-refractivity contribution in [3.63, 3.8) is 0 Å². The molecule has 0 aliphatic carbocycles. The summed E-state index contributed by atoms with van der Waals surface area (Å²) in [5.74, 6) is 5.74. The Hall–Kier alpha value is -0.800. The molecule has 2 aromatic heterocycles. The van der Waals surface area contributed by atoms with Gasteiger partial charge in [-0.2, -0.15) is 5.10 Å². The molecule has 0 aliphatic rings. The first kappa shape index (κ1) is 15.6. The van der Waals surface area contributed by atoms with Crippen molar-refractivity contribution in [2.45, 2.75) is 19.5 Å². The van der Waals surface area contributed by atoms with Crippen LogP contribution in [0.4, 0.5) is 0 Å². The smallest absolute Gasteiger partial charge is 0.107 e. The number of hydrogen-bond donors (Lipinski definition) is 2. The monoisotopic (exact) mass is 358 g/mol. The molecule has 0 radical (unpaired) electrons. The summed E-state index contributed by atoms with van der Waals surface area (Å²) in [5, 5.41) is 7.46. The minimum atomic E-state index is -0.168. The Morgan fingerprint density at radius 1 is 1.55 bits per heavy atom. The van der Waals surface area contributed by atoms with Crippen molar-refractivity contribution < 1.29 is 0 Å². The standard InChI is InChI=1S/C12H19BrN6S/c1-8-16-10(7-20-8)11(17-14)12-9(13)6-15-19(12)5-4-18(2)3/h6-7,11,17H,4-5,14H2,1-3H3. The van der Waals surface area contributed by atoms with Crippen LogP contribution in [0, 0.1) is 6.92 Å². The summed E-state index contributed by atoms with van der Waals surface area (Å²) in [6.45, 7) is 3.70. The third kappa shape index (κ3) is 3.44. The van der Waals surface area contributed by atoms with E-state index in [4.69, 9.17) is 5.84 Å². The Bertz CT molecular complexity index is 564. The third-order valence-electron chi connectivity index (χ3n) is 2.96. The highest BCUT2D eigenvalue weighted by Crippen LogP contribution is 2.28. The molecule has 20 heavy (non-hydrogen) atoms. The summed E-state index contributed by atoms with van der Waals surface area (Å²) in [5.41, 5.74) is 4.76. The van der Waals surface area contributed by atoms with Crippen LogP contribution in [0.15, 0.2) is 16.0 Å². The fourth-order valence-corrected chi connectivity index (χ4v) is 3.11. The maximum absolute atomic E-state index is 5.74. The van der Waals surface area contributed by atoms with Crippen LogP contribution in [0.25, 0.3) is 0 Å². The SMILES string of the molecule is Cc1nc(C(NN)c2c(Br)cnn2CCN(C)C)cs1. The van der Waals surface area contributed by atoms with Crippen molar-refractivity contribution in [1.29, 1.82) is 0 Å². The van der Waals surface area contributed by atoms with Gasteiger partial charge in [-0.1, -0.05) is 0 Å². The first-order valence-electron chi connectivity index (χ1n) is 6.27. The number of nitrogens with two attached hydrogens (primary N) is 1. The number of aromatic nitrogens is 3. The number of nitrogens with zero attached hydrogens (tertiary/aromatic N) is 4. The van der Waals surface area contributed by atoms with Gasteiger partial charge in [0.2, 0.25) is 0 Å². The number of halogens is 1. The van der Waals surface area contributed by atoms with E-state index >= 15 is 0 Å². The molecule has 0 saturated heterocycles. The highest BCUT2D eigenvalue weighted by molar-refractivity contribution is 9.10. The maximum atomic E-state index is 5.74. The molecule has 2 rings (SSSR count). The van der Waals surface area contributed by atoms with Crippen molar-refractivity contribution in [3.8, 4) is 0 Å². The number of hydrazine groups is 1. The van der Waals surface area contributed by atoms with Crippen LogP contribution in [0.1, 0.15) is 22.4 Å². The van der Waals surface area contributed by atoms with Crippen molar-refractivity contribution in [2.24, 2.45) is 5.84 Å². The lowest BCUT2D eigenvalue weighted by Gasteiger charge is -2.18. The van der Waals surface area contributed by atoms with Gasteiger partial charge in [0.05, 0.1) is 33.6 Å². The molecule has 0 aliphatic heterocycles. The molecule has 0 fully saturated rings. The lowest BCUT2D eigenvalue weighted by molar-refractivity contribution is 0.365. The first-order valence-corrected chi connectivity index (χ1v) is 7.94. The topological polar surface area (TPSA) is 72.0 Å². The van der Waals surface area contributed by atoms with Crippen LogP contribution in [-0.2, 0) is 6.54 Å². The molecule has 2 aromatic rings. The molecular formula is C12H19BrN6S. The number of rotatable bonds is 6. The number of nitrogens with one attached hydrogen (secondary N) is 1. The van der Waals surface area contributed by atoms with E-state index in [2.05, 4.69) is 36.3 Å². The van der Waals surface area contributed by atoms with Crippen LogP contribution in [-0.4, -0.2) is 40.3 Å². The highest BCUT2D eigenvalue weighted by atomic mass is 79.9.